The Morgan fingerprint density at radius 2 is 1.98 bits per heavy atom. The monoisotopic (exact) mass is 647 g/mol. The summed E-state index contributed by atoms with van der Waals surface area (Å²) in [7, 11) is 0. The van der Waals surface area contributed by atoms with Crippen molar-refractivity contribution in [3.05, 3.63) is 29.3 Å². The zero-order valence-corrected chi connectivity index (χ0v) is 24.9. The number of nitrogens with zero attached hydrogens (tertiary/aromatic N) is 6. The van der Waals surface area contributed by atoms with Gasteiger partial charge >= 0.3 is 13.5 Å². The van der Waals surface area contributed by atoms with E-state index in [0.717, 1.165) is 0 Å². The molecule has 0 spiro atoms. The van der Waals surface area contributed by atoms with E-state index < -0.39 is 49.5 Å². The number of hydrogen-bond donors (Lipinski definition) is 5. The maximum absolute atomic E-state index is 13.3. The molecule has 9 atom stereocenters. The molecule has 3 aromatic rings. The minimum Gasteiger partial charge on any atom is -0.369 e. The van der Waals surface area contributed by atoms with Crippen LogP contribution in [-0.4, -0.2) is 76.9 Å². The summed E-state index contributed by atoms with van der Waals surface area (Å²) >= 11 is 9.62. The summed E-state index contributed by atoms with van der Waals surface area (Å²) in [5.41, 5.74) is 5.39. The van der Waals surface area contributed by atoms with Crippen molar-refractivity contribution in [3.8, 4) is 0 Å². The minimum atomic E-state index is -3.88. The number of ether oxygens (including phenoxy) is 1. The molecule has 1 aliphatic carbocycles. The molecule has 2 unspecified atom stereocenters. The number of imidazole rings is 1. The smallest absolute Gasteiger partial charge is 0.369 e. The van der Waals surface area contributed by atoms with Gasteiger partial charge in [-0.25, -0.2) is 24.5 Å². The Hall–Kier alpha value is -2.05. The van der Waals surface area contributed by atoms with Crippen molar-refractivity contribution < 1.29 is 32.3 Å². The topological polar surface area (TPSA) is 224 Å². The molecule has 5 N–H and O–H groups in total. The standard InChI is InChI=1S/C20H27N9O8P2S2/c1-9-13-5-34-38(31,40)36-12-3-11(26-20-23-6-22-7-24-20)2-10(12)4-33-39(32,41)37-15(9)18(35-13)29-8-25-14-16(29)27-19(21)28-17(14)30/h6-13,15,18H,2-5H2,1H3,(H,31,40)(H,32,41)(H3,21,27,28,30)(H,22,23,24,26)/t9-,10-,11-,12+,13-,15-,18-,38?,39?/m1/s1. The largest absolute Gasteiger partial charge is 0.386 e. The Morgan fingerprint density at radius 1 is 1.20 bits per heavy atom. The molecule has 0 amide bonds. The molecule has 21 heteroatoms. The molecule has 0 radical (unpaired) electrons. The summed E-state index contributed by atoms with van der Waals surface area (Å²) in [4.78, 5) is 46.1. The zero-order chi connectivity index (χ0) is 28.9. The second kappa shape index (κ2) is 11.2. The quantitative estimate of drug-likeness (QED) is 0.200. The molecule has 0 aromatic carbocycles. The van der Waals surface area contributed by atoms with Crippen molar-refractivity contribution in [1.29, 1.82) is 0 Å². The molecule has 2 bridgehead atoms. The molecule has 1 saturated carbocycles. The lowest BCUT2D eigenvalue weighted by Crippen LogP contribution is -2.28. The summed E-state index contributed by atoms with van der Waals surface area (Å²) in [5, 5.41) is 3.19. The number of H-pyrrole nitrogens is 1. The van der Waals surface area contributed by atoms with Crippen LogP contribution in [-0.2, 0) is 39.2 Å². The van der Waals surface area contributed by atoms with Crippen LogP contribution in [0.3, 0.4) is 0 Å². The Labute approximate surface area is 242 Å². The highest BCUT2D eigenvalue weighted by Crippen LogP contribution is 2.58. The van der Waals surface area contributed by atoms with E-state index in [2.05, 4.69) is 47.5 Å². The highest BCUT2D eigenvalue weighted by molar-refractivity contribution is 8.44. The lowest BCUT2D eigenvalue weighted by molar-refractivity contribution is -0.0477. The highest BCUT2D eigenvalue weighted by atomic mass is 32.7. The number of anilines is 2. The Morgan fingerprint density at radius 3 is 2.76 bits per heavy atom. The average Bonchev–Trinajstić information content (AvgIpc) is 3.57. The first-order valence-electron chi connectivity index (χ1n) is 12.6. The molecular weight excluding hydrogens is 620 g/mol. The summed E-state index contributed by atoms with van der Waals surface area (Å²) in [5.74, 6) is -0.555. The van der Waals surface area contributed by atoms with Crippen LogP contribution in [0.1, 0.15) is 26.0 Å². The van der Waals surface area contributed by atoms with Crippen LogP contribution < -0.4 is 16.6 Å². The van der Waals surface area contributed by atoms with Gasteiger partial charge in [-0.05, 0) is 24.6 Å². The van der Waals surface area contributed by atoms with E-state index in [1.165, 1.54) is 23.5 Å². The maximum atomic E-state index is 13.3. The molecule has 41 heavy (non-hydrogen) atoms. The molecule has 3 aliphatic rings. The summed E-state index contributed by atoms with van der Waals surface area (Å²) in [6.07, 6.45) is 1.82. The molecule has 222 valence electrons. The first kappa shape index (κ1) is 29.0. The number of thiol groups is 1. The third-order valence-electron chi connectivity index (χ3n) is 7.26. The lowest BCUT2D eigenvalue weighted by atomic mass is 10.0. The van der Waals surface area contributed by atoms with Gasteiger partial charge in [0.15, 0.2) is 17.4 Å². The fourth-order valence-electron chi connectivity index (χ4n) is 5.29. The van der Waals surface area contributed by atoms with E-state index in [0.29, 0.717) is 18.8 Å². The molecular formula is C20H27N9O8P2S2. The first-order chi connectivity index (χ1) is 19.5. The van der Waals surface area contributed by atoms with E-state index in [1.54, 1.807) is 6.92 Å². The predicted molar refractivity (Wildman–Crippen MR) is 150 cm³/mol. The Bertz CT molecular complexity index is 1580. The predicted octanol–water partition coefficient (Wildman–Crippen LogP) is 1.38. The van der Waals surface area contributed by atoms with Crippen molar-refractivity contribution in [2.75, 3.05) is 24.3 Å². The minimum absolute atomic E-state index is 0.0313. The number of nitrogen functional groups attached to an aromatic ring is 1. The summed E-state index contributed by atoms with van der Waals surface area (Å²) in [6, 6.07) is -0.170. The van der Waals surface area contributed by atoms with Crippen molar-refractivity contribution in [2.24, 2.45) is 11.8 Å². The second-order valence-corrected chi connectivity index (χ2v) is 15.6. The molecule has 17 nitrogen and oxygen atoms in total. The van der Waals surface area contributed by atoms with Gasteiger partial charge in [0.25, 0.3) is 5.56 Å². The van der Waals surface area contributed by atoms with Gasteiger partial charge in [0.05, 0.1) is 31.7 Å². The maximum Gasteiger partial charge on any atom is 0.386 e. The van der Waals surface area contributed by atoms with Gasteiger partial charge in [-0.2, -0.15) is 4.98 Å². The first-order valence-corrected chi connectivity index (χ1v) is 17.8. The third-order valence-corrected chi connectivity index (χ3v) is 10.5. The molecule has 2 saturated heterocycles. The number of nitrogens with one attached hydrogen (secondary N) is 2. The zero-order valence-electron chi connectivity index (χ0n) is 21.4. The molecule has 6 rings (SSSR count). The normalized spacial score (nSPS) is 38.1. The highest BCUT2D eigenvalue weighted by Gasteiger charge is 2.49. The Kier molecular flexibility index (Phi) is 7.95. The SMILES string of the molecule is C[C@H]1[C@H]2OP(O)(=S)OC[C@H]3C[C@@H](Nc4ncncn4)C[C@@H]3OP(=O)(S)OC[C@H]1O[C@H]2n1cnc2c(=O)[nH]c(N)nc21. The number of hydrogen-bond acceptors (Lipinski definition) is 15. The summed E-state index contributed by atoms with van der Waals surface area (Å²) in [6.45, 7) is -6.18. The van der Waals surface area contributed by atoms with Crippen LogP contribution in [0, 0.1) is 11.8 Å². The number of nitrogens with two attached hydrogens (primary N) is 1. The van der Waals surface area contributed by atoms with Gasteiger partial charge in [-0.1, -0.05) is 19.2 Å². The fraction of sp³-hybridized carbons (Fsp3) is 0.600. The molecule has 2 aliphatic heterocycles. The van der Waals surface area contributed by atoms with Crippen molar-refractivity contribution in [3.63, 3.8) is 0 Å². The second-order valence-electron chi connectivity index (χ2n) is 9.98. The van der Waals surface area contributed by atoms with Crippen LogP contribution in [0.4, 0.5) is 11.9 Å². The molecule has 5 heterocycles. The average molecular weight is 648 g/mol. The molecule has 3 aromatic heterocycles. The van der Waals surface area contributed by atoms with Crippen LogP contribution in [0.5, 0.6) is 0 Å². The van der Waals surface area contributed by atoms with Gasteiger partial charge < -0.3 is 29.7 Å². The van der Waals surface area contributed by atoms with Gasteiger partial charge in [0, 0.05) is 17.9 Å². The van der Waals surface area contributed by atoms with Crippen molar-refractivity contribution in [2.45, 2.75) is 50.3 Å². The van der Waals surface area contributed by atoms with Crippen LogP contribution >= 0.6 is 25.8 Å². The van der Waals surface area contributed by atoms with Gasteiger partial charge in [0.1, 0.15) is 18.8 Å². The van der Waals surface area contributed by atoms with E-state index in [9.17, 15) is 14.3 Å². The van der Waals surface area contributed by atoms with Crippen LogP contribution in [0.15, 0.2) is 23.8 Å². The summed E-state index contributed by atoms with van der Waals surface area (Å²) < 4.78 is 44.4. The van der Waals surface area contributed by atoms with Crippen LogP contribution in [0.25, 0.3) is 11.2 Å². The number of rotatable bonds is 3. The number of fused-ring (bicyclic) bond motifs is 4. The van der Waals surface area contributed by atoms with Crippen molar-refractivity contribution in [1.82, 2.24) is 34.5 Å². The lowest BCUT2D eigenvalue weighted by Gasteiger charge is -2.28. The van der Waals surface area contributed by atoms with Gasteiger partial charge in [-0.15, -0.1) is 0 Å². The van der Waals surface area contributed by atoms with Gasteiger partial charge in [-0.3, -0.25) is 23.4 Å². The van der Waals surface area contributed by atoms with E-state index in [-0.39, 0.29) is 42.3 Å². The van der Waals surface area contributed by atoms with Gasteiger partial charge in [0.2, 0.25) is 11.9 Å². The van der Waals surface area contributed by atoms with E-state index in [1.807, 2.05) is 0 Å². The van der Waals surface area contributed by atoms with E-state index in [4.69, 9.17) is 40.4 Å². The molecule has 3 fully saturated rings. The van der Waals surface area contributed by atoms with Crippen LogP contribution in [0.2, 0.25) is 0 Å². The van der Waals surface area contributed by atoms with Crippen molar-refractivity contribution >= 4 is 60.6 Å². The number of aromatic nitrogens is 7. The van der Waals surface area contributed by atoms with E-state index >= 15 is 0 Å². The Balaban J connectivity index is 1.28. The third kappa shape index (κ3) is 6.20. The fourth-order valence-corrected chi connectivity index (χ4v) is 8.38. The number of aromatic amines is 1.